The number of nitrogens with one attached hydrogen (secondary N) is 1. The number of benzene rings is 1. The Hall–Kier alpha value is -1.04. The SMILES string of the molecule is CCCNc1ncc(F)c(Sc2ccc(Cl)c(Cl)c2)n1. The maximum absolute atomic E-state index is 13.7. The maximum Gasteiger partial charge on any atom is 0.223 e. The molecule has 20 heavy (non-hydrogen) atoms. The fourth-order valence-electron chi connectivity index (χ4n) is 1.40. The molecule has 2 rings (SSSR count). The van der Waals surface area contributed by atoms with Crippen molar-refractivity contribution >= 4 is 40.9 Å². The summed E-state index contributed by atoms with van der Waals surface area (Å²) in [6, 6.07) is 5.11. The van der Waals surface area contributed by atoms with Crippen LogP contribution < -0.4 is 5.32 Å². The van der Waals surface area contributed by atoms with Crippen LogP contribution in [0.2, 0.25) is 10.0 Å². The van der Waals surface area contributed by atoms with Crippen molar-refractivity contribution in [3.05, 3.63) is 40.3 Å². The zero-order valence-corrected chi connectivity index (χ0v) is 13.0. The van der Waals surface area contributed by atoms with Gasteiger partial charge in [-0.2, -0.15) is 0 Å². The highest BCUT2D eigenvalue weighted by molar-refractivity contribution is 7.99. The number of rotatable bonds is 5. The lowest BCUT2D eigenvalue weighted by molar-refractivity contribution is 0.580. The van der Waals surface area contributed by atoms with E-state index in [4.69, 9.17) is 23.2 Å². The van der Waals surface area contributed by atoms with Gasteiger partial charge in [0.2, 0.25) is 5.95 Å². The average Bonchev–Trinajstić information content (AvgIpc) is 2.44. The molecule has 0 saturated heterocycles. The zero-order chi connectivity index (χ0) is 14.5. The van der Waals surface area contributed by atoms with Crippen molar-refractivity contribution in [3.8, 4) is 0 Å². The minimum atomic E-state index is -0.469. The van der Waals surface area contributed by atoms with Gasteiger partial charge in [-0.05, 0) is 24.6 Å². The lowest BCUT2D eigenvalue weighted by Crippen LogP contribution is -2.05. The summed E-state index contributed by atoms with van der Waals surface area (Å²) in [5.74, 6) is -0.0565. The van der Waals surface area contributed by atoms with Crippen LogP contribution in [0.1, 0.15) is 13.3 Å². The second-order valence-electron chi connectivity index (χ2n) is 3.95. The smallest absolute Gasteiger partial charge is 0.223 e. The molecule has 2 aromatic rings. The molecule has 106 valence electrons. The molecule has 0 atom stereocenters. The second-order valence-corrected chi connectivity index (χ2v) is 5.83. The van der Waals surface area contributed by atoms with Crippen molar-refractivity contribution in [2.75, 3.05) is 11.9 Å². The Kier molecular flexibility index (Phi) is 5.46. The van der Waals surface area contributed by atoms with Crippen LogP contribution in [0.15, 0.2) is 34.3 Å². The normalized spacial score (nSPS) is 10.6. The summed E-state index contributed by atoms with van der Waals surface area (Å²) < 4.78 is 13.7. The molecule has 0 spiro atoms. The Balaban J connectivity index is 2.20. The number of anilines is 1. The van der Waals surface area contributed by atoms with Crippen molar-refractivity contribution in [2.24, 2.45) is 0 Å². The molecule has 3 nitrogen and oxygen atoms in total. The molecule has 0 radical (unpaired) electrons. The van der Waals surface area contributed by atoms with Crippen LogP contribution in [0, 0.1) is 5.82 Å². The predicted molar refractivity (Wildman–Crippen MR) is 81.4 cm³/mol. The molecule has 0 bridgehead atoms. The van der Waals surface area contributed by atoms with E-state index < -0.39 is 5.82 Å². The third-order valence-corrected chi connectivity index (χ3v) is 4.06. The Morgan fingerprint density at radius 1 is 1.30 bits per heavy atom. The summed E-state index contributed by atoms with van der Waals surface area (Å²) in [6.07, 6.45) is 2.10. The molecule has 1 heterocycles. The fraction of sp³-hybridized carbons (Fsp3) is 0.231. The predicted octanol–water partition coefficient (Wildman–Crippen LogP) is 4.90. The molecular weight excluding hydrogens is 320 g/mol. The third-order valence-electron chi connectivity index (χ3n) is 2.35. The highest BCUT2D eigenvalue weighted by Crippen LogP contribution is 2.32. The fourth-order valence-corrected chi connectivity index (χ4v) is 2.58. The van der Waals surface area contributed by atoms with Gasteiger partial charge in [-0.3, -0.25) is 0 Å². The lowest BCUT2D eigenvalue weighted by atomic mass is 10.4. The lowest BCUT2D eigenvalue weighted by Gasteiger charge is -2.07. The zero-order valence-electron chi connectivity index (χ0n) is 10.7. The summed E-state index contributed by atoms with van der Waals surface area (Å²) in [5, 5.41) is 4.15. The Bertz CT molecular complexity index is 610. The van der Waals surface area contributed by atoms with Gasteiger partial charge in [0.15, 0.2) is 5.82 Å². The van der Waals surface area contributed by atoms with Gasteiger partial charge in [0.1, 0.15) is 5.03 Å². The standard InChI is InChI=1S/C13H12Cl2FN3S/c1-2-5-17-13-18-7-11(16)12(19-13)20-8-3-4-9(14)10(15)6-8/h3-4,6-7H,2,5H2,1H3,(H,17,18,19). The molecule has 0 aliphatic heterocycles. The van der Waals surface area contributed by atoms with Gasteiger partial charge < -0.3 is 5.32 Å². The number of aromatic nitrogens is 2. The minimum absolute atomic E-state index is 0.247. The van der Waals surface area contributed by atoms with E-state index in [-0.39, 0.29) is 5.03 Å². The first-order valence-corrected chi connectivity index (χ1v) is 7.56. The number of hydrogen-bond acceptors (Lipinski definition) is 4. The van der Waals surface area contributed by atoms with E-state index in [2.05, 4.69) is 15.3 Å². The van der Waals surface area contributed by atoms with Crippen LogP contribution in [-0.4, -0.2) is 16.5 Å². The van der Waals surface area contributed by atoms with Crippen molar-refractivity contribution in [1.29, 1.82) is 0 Å². The largest absolute Gasteiger partial charge is 0.354 e. The molecule has 0 saturated carbocycles. The van der Waals surface area contributed by atoms with Crippen molar-refractivity contribution in [3.63, 3.8) is 0 Å². The average molecular weight is 332 g/mol. The Morgan fingerprint density at radius 2 is 2.10 bits per heavy atom. The van der Waals surface area contributed by atoms with Crippen LogP contribution in [0.3, 0.4) is 0 Å². The minimum Gasteiger partial charge on any atom is -0.354 e. The molecule has 0 amide bonds. The molecular formula is C13H12Cl2FN3S. The summed E-state index contributed by atoms with van der Waals surface area (Å²) in [4.78, 5) is 8.80. The number of halogens is 3. The van der Waals surface area contributed by atoms with Gasteiger partial charge in [-0.15, -0.1) is 0 Å². The van der Waals surface area contributed by atoms with Crippen LogP contribution in [-0.2, 0) is 0 Å². The molecule has 1 N–H and O–H groups in total. The van der Waals surface area contributed by atoms with Crippen LogP contribution in [0.5, 0.6) is 0 Å². The van der Waals surface area contributed by atoms with Gasteiger partial charge in [-0.1, -0.05) is 41.9 Å². The van der Waals surface area contributed by atoms with Crippen molar-refractivity contribution < 1.29 is 4.39 Å². The second kappa shape index (κ2) is 7.11. The summed E-state index contributed by atoms with van der Waals surface area (Å²) in [6.45, 7) is 2.77. The van der Waals surface area contributed by atoms with Crippen molar-refractivity contribution in [1.82, 2.24) is 9.97 Å². The van der Waals surface area contributed by atoms with Gasteiger partial charge in [0.05, 0.1) is 16.2 Å². The molecule has 1 aromatic heterocycles. The summed E-state index contributed by atoms with van der Waals surface area (Å²) in [7, 11) is 0. The molecule has 0 fully saturated rings. The summed E-state index contributed by atoms with van der Waals surface area (Å²) >= 11 is 13.0. The van der Waals surface area contributed by atoms with Crippen LogP contribution >= 0.6 is 35.0 Å². The van der Waals surface area contributed by atoms with E-state index in [0.29, 0.717) is 16.0 Å². The first-order valence-electron chi connectivity index (χ1n) is 5.99. The molecule has 0 unspecified atom stereocenters. The van der Waals surface area contributed by atoms with Crippen molar-refractivity contribution in [2.45, 2.75) is 23.3 Å². The van der Waals surface area contributed by atoms with Gasteiger partial charge in [0.25, 0.3) is 0 Å². The van der Waals surface area contributed by atoms with Crippen LogP contribution in [0.4, 0.5) is 10.3 Å². The summed E-state index contributed by atoms with van der Waals surface area (Å²) in [5.41, 5.74) is 0. The van der Waals surface area contributed by atoms with E-state index >= 15 is 0 Å². The molecule has 0 aliphatic carbocycles. The quantitative estimate of drug-likeness (QED) is 0.791. The van der Waals surface area contributed by atoms with Gasteiger partial charge in [-0.25, -0.2) is 14.4 Å². The van der Waals surface area contributed by atoms with E-state index in [1.165, 1.54) is 11.8 Å². The van der Waals surface area contributed by atoms with E-state index in [1.54, 1.807) is 18.2 Å². The Labute approximate surface area is 130 Å². The highest BCUT2D eigenvalue weighted by atomic mass is 35.5. The Morgan fingerprint density at radius 3 is 2.80 bits per heavy atom. The first kappa shape index (κ1) is 15.4. The van der Waals surface area contributed by atoms with Gasteiger partial charge >= 0.3 is 0 Å². The van der Waals surface area contributed by atoms with E-state index in [1.807, 2.05) is 6.92 Å². The highest BCUT2D eigenvalue weighted by Gasteiger charge is 2.10. The van der Waals surface area contributed by atoms with Crippen LogP contribution in [0.25, 0.3) is 0 Å². The third kappa shape index (κ3) is 3.98. The topological polar surface area (TPSA) is 37.8 Å². The molecule has 1 aromatic carbocycles. The maximum atomic E-state index is 13.7. The monoisotopic (exact) mass is 331 g/mol. The van der Waals surface area contributed by atoms with E-state index in [0.717, 1.165) is 24.1 Å². The molecule has 7 heteroatoms. The number of hydrogen-bond donors (Lipinski definition) is 1. The van der Waals surface area contributed by atoms with Gasteiger partial charge in [0, 0.05) is 11.4 Å². The number of nitrogens with zero attached hydrogens (tertiary/aromatic N) is 2. The first-order chi connectivity index (χ1) is 9.60. The van der Waals surface area contributed by atoms with E-state index in [9.17, 15) is 4.39 Å². The molecule has 0 aliphatic rings.